The number of aromatic nitrogens is 2. The summed E-state index contributed by atoms with van der Waals surface area (Å²) in [7, 11) is 0. The third kappa shape index (κ3) is 2.24. The van der Waals surface area contributed by atoms with Gasteiger partial charge in [-0.05, 0) is 12.5 Å². The summed E-state index contributed by atoms with van der Waals surface area (Å²) in [5, 5.41) is 13.5. The third-order valence-corrected chi connectivity index (χ3v) is 3.91. The molecule has 0 radical (unpaired) electrons. The molecule has 1 aliphatic rings. The van der Waals surface area contributed by atoms with Gasteiger partial charge in [-0.3, -0.25) is 4.79 Å². The topological polar surface area (TPSA) is 76.2 Å². The summed E-state index contributed by atoms with van der Waals surface area (Å²) in [4.78, 5) is 16.0. The van der Waals surface area contributed by atoms with Crippen molar-refractivity contribution in [1.82, 2.24) is 10.1 Å². The van der Waals surface area contributed by atoms with Gasteiger partial charge < -0.3 is 9.63 Å². The van der Waals surface area contributed by atoms with E-state index in [1.807, 2.05) is 43.3 Å². The van der Waals surface area contributed by atoms with E-state index in [1.54, 1.807) is 19.1 Å². The van der Waals surface area contributed by atoms with Crippen LogP contribution in [0.5, 0.6) is 0 Å². The lowest BCUT2D eigenvalue weighted by atomic mass is 9.75. The largest absolute Gasteiger partial charge is 0.480 e. The third-order valence-electron chi connectivity index (χ3n) is 3.91. The molecule has 1 aromatic carbocycles. The Labute approximate surface area is 128 Å². The molecule has 1 aromatic heterocycles. The zero-order valence-corrected chi connectivity index (χ0v) is 12.4. The lowest BCUT2D eigenvalue weighted by Crippen LogP contribution is -2.35. The summed E-state index contributed by atoms with van der Waals surface area (Å²) < 4.78 is 4.95. The SMILES string of the molecule is CC1=CC(C(=O)O)(c2noc(C)n2)C=CC1c1ccccc1. The predicted molar refractivity (Wildman–Crippen MR) is 80.4 cm³/mol. The Morgan fingerprint density at radius 3 is 2.55 bits per heavy atom. The number of carboxylic acids is 1. The molecule has 0 saturated heterocycles. The standard InChI is InChI=1S/C17H16N2O3/c1-11-10-17(16(20)21,15-18-12(2)22-19-15)9-8-14(11)13-6-4-3-5-7-13/h3-10,14H,1-2H3,(H,20,21). The van der Waals surface area contributed by atoms with Crippen LogP contribution in [0.4, 0.5) is 0 Å². The molecule has 0 saturated carbocycles. The van der Waals surface area contributed by atoms with Crippen LogP contribution in [0, 0.1) is 6.92 Å². The fourth-order valence-corrected chi connectivity index (χ4v) is 2.77. The smallest absolute Gasteiger partial charge is 0.325 e. The number of rotatable bonds is 3. The molecule has 1 N–H and O–H groups in total. The van der Waals surface area contributed by atoms with E-state index in [-0.39, 0.29) is 11.7 Å². The van der Waals surface area contributed by atoms with Gasteiger partial charge in [0, 0.05) is 12.8 Å². The van der Waals surface area contributed by atoms with Crippen LogP contribution >= 0.6 is 0 Å². The number of benzene rings is 1. The number of aryl methyl sites for hydroxylation is 1. The summed E-state index contributed by atoms with van der Waals surface area (Å²) in [5.41, 5.74) is 0.696. The Balaban J connectivity index is 2.05. The zero-order valence-electron chi connectivity index (χ0n) is 12.4. The van der Waals surface area contributed by atoms with Crippen molar-refractivity contribution in [2.45, 2.75) is 25.2 Å². The van der Waals surface area contributed by atoms with Crippen molar-refractivity contribution in [2.75, 3.05) is 0 Å². The van der Waals surface area contributed by atoms with Crippen LogP contribution in [0.2, 0.25) is 0 Å². The second-order valence-electron chi connectivity index (χ2n) is 5.45. The first-order chi connectivity index (χ1) is 10.5. The summed E-state index contributed by atoms with van der Waals surface area (Å²) in [6.45, 7) is 3.56. The number of nitrogens with zero attached hydrogens (tertiary/aromatic N) is 2. The highest BCUT2D eigenvalue weighted by Crippen LogP contribution is 2.38. The highest BCUT2D eigenvalue weighted by atomic mass is 16.5. The van der Waals surface area contributed by atoms with Gasteiger partial charge in [0.25, 0.3) is 0 Å². The summed E-state index contributed by atoms with van der Waals surface area (Å²) in [5.74, 6) is -0.461. The Hall–Kier alpha value is -2.69. The maximum absolute atomic E-state index is 11.9. The molecule has 0 fully saturated rings. The number of hydrogen-bond acceptors (Lipinski definition) is 4. The van der Waals surface area contributed by atoms with E-state index in [2.05, 4.69) is 10.1 Å². The maximum atomic E-state index is 11.9. The van der Waals surface area contributed by atoms with Crippen LogP contribution in [0.25, 0.3) is 0 Å². The maximum Gasteiger partial charge on any atom is 0.325 e. The van der Waals surface area contributed by atoms with Gasteiger partial charge in [0.2, 0.25) is 5.89 Å². The van der Waals surface area contributed by atoms with Crippen molar-refractivity contribution in [1.29, 1.82) is 0 Å². The van der Waals surface area contributed by atoms with E-state index >= 15 is 0 Å². The van der Waals surface area contributed by atoms with Gasteiger partial charge in [-0.1, -0.05) is 59.3 Å². The lowest BCUT2D eigenvalue weighted by molar-refractivity contribution is -0.140. The van der Waals surface area contributed by atoms with Crippen LogP contribution in [0.3, 0.4) is 0 Å². The molecule has 112 valence electrons. The molecule has 3 rings (SSSR count). The average molecular weight is 296 g/mol. The van der Waals surface area contributed by atoms with Gasteiger partial charge in [0.1, 0.15) is 0 Å². The normalized spacial score (nSPS) is 24.1. The van der Waals surface area contributed by atoms with Gasteiger partial charge in [0.15, 0.2) is 11.2 Å². The highest BCUT2D eigenvalue weighted by molar-refractivity contribution is 5.86. The molecule has 1 aliphatic carbocycles. The van der Waals surface area contributed by atoms with Gasteiger partial charge in [-0.15, -0.1) is 0 Å². The predicted octanol–water partition coefficient (Wildman–Crippen LogP) is 3.00. The van der Waals surface area contributed by atoms with E-state index in [4.69, 9.17) is 4.52 Å². The highest BCUT2D eigenvalue weighted by Gasteiger charge is 2.43. The fourth-order valence-electron chi connectivity index (χ4n) is 2.77. The molecule has 5 heteroatoms. The first-order valence-corrected chi connectivity index (χ1v) is 7.01. The second-order valence-corrected chi connectivity index (χ2v) is 5.45. The Morgan fingerprint density at radius 1 is 1.27 bits per heavy atom. The van der Waals surface area contributed by atoms with Crippen molar-refractivity contribution in [3.05, 3.63) is 71.4 Å². The van der Waals surface area contributed by atoms with Crippen molar-refractivity contribution >= 4 is 5.97 Å². The minimum absolute atomic E-state index is 0.0571. The van der Waals surface area contributed by atoms with Gasteiger partial charge in [0.05, 0.1) is 0 Å². The molecule has 2 atom stereocenters. The van der Waals surface area contributed by atoms with E-state index in [0.29, 0.717) is 5.89 Å². The molecule has 0 spiro atoms. The van der Waals surface area contributed by atoms with Crippen molar-refractivity contribution < 1.29 is 14.4 Å². The van der Waals surface area contributed by atoms with Crippen LogP contribution in [-0.2, 0) is 10.2 Å². The van der Waals surface area contributed by atoms with Crippen molar-refractivity contribution in [2.24, 2.45) is 0 Å². The fraction of sp³-hybridized carbons (Fsp3) is 0.235. The average Bonchev–Trinajstić information content (AvgIpc) is 2.94. The minimum atomic E-state index is -1.37. The Kier molecular flexibility index (Phi) is 3.41. The van der Waals surface area contributed by atoms with E-state index in [9.17, 15) is 9.90 Å². The number of hydrogen-bond donors (Lipinski definition) is 1. The van der Waals surface area contributed by atoms with E-state index < -0.39 is 11.4 Å². The lowest BCUT2D eigenvalue weighted by Gasteiger charge is -2.27. The first kappa shape index (κ1) is 14.3. The number of allylic oxidation sites excluding steroid dienone is 2. The molecule has 2 unspecified atom stereocenters. The quantitative estimate of drug-likeness (QED) is 0.881. The Morgan fingerprint density at radius 2 is 2.00 bits per heavy atom. The molecular formula is C17H16N2O3. The summed E-state index contributed by atoms with van der Waals surface area (Å²) in [6, 6.07) is 9.95. The van der Waals surface area contributed by atoms with Crippen LogP contribution in [0.15, 0.2) is 58.7 Å². The molecule has 5 nitrogen and oxygen atoms in total. The molecule has 0 bridgehead atoms. The molecule has 0 aliphatic heterocycles. The van der Waals surface area contributed by atoms with E-state index in [1.165, 1.54) is 0 Å². The zero-order chi connectivity index (χ0) is 15.7. The summed E-state index contributed by atoms with van der Waals surface area (Å²) >= 11 is 0. The first-order valence-electron chi connectivity index (χ1n) is 7.01. The van der Waals surface area contributed by atoms with Crippen LogP contribution in [0.1, 0.15) is 30.1 Å². The molecular weight excluding hydrogens is 280 g/mol. The monoisotopic (exact) mass is 296 g/mol. The Bertz CT molecular complexity index is 761. The van der Waals surface area contributed by atoms with Gasteiger partial charge >= 0.3 is 5.97 Å². The molecule has 2 aromatic rings. The van der Waals surface area contributed by atoms with Crippen molar-refractivity contribution in [3.8, 4) is 0 Å². The van der Waals surface area contributed by atoms with Gasteiger partial charge in [-0.2, -0.15) is 4.98 Å². The molecule has 0 amide bonds. The number of carboxylic acid groups (broad SMARTS) is 1. The minimum Gasteiger partial charge on any atom is -0.480 e. The number of carbonyl (C=O) groups is 1. The molecule has 22 heavy (non-hydrogen) atoms. The van der Waals surface area contributed by atoms with Crippen LogP contribution in [-0.4, -0.2) is 21.2 Å². The molecule has 1 heterocycles. The second kappa shape index (κ2) is 5.26. The number of aliphatic carboxylic acids is 1. The summed E-state index contributed by atoms with van der Waals surface area (Å²) in [6.07, 6.45) is 5.24. The van der Waals surface area contributed by atoms with Gasteiger partial charge in [-0.25, -0.2) is 0 Å². The van der Waals surface area contributed by atoms with Crippen molar-refractivity contribution in [3.63, 3.8) is 0 Å². The van der Waals surface area contributed by atoms with E-state index in [0.717, 1.165) is 11.1 Å². The van der Waals surface area contributed by atoms with Crippen LogP contribution < -0.4 is 0 Å².